The third-order valence-electron chi connectivity index (χ3n) is 6.20. The molecular formula is C27H20BrN3O6S. The van der Waals surface area contributed by atoms with Crippen molar-refractivity contribution in [3.63, 3.8) is 0 Å². The van der Waals surface area contributed by atoms with Crippen molar-refractivity contribution in [2.24, 2.45) is 4.99 Å². The number of esters is 1. The van der Waals surface area contributed by atoms with Crippen molar-refractivity contribution in [3.05, 3.63) is 111 Å². The number of hydrogen-bond donors (Lipinski definition) is 1. The molecular weight excluding hydrogens is 574 g/mol. The molecule has 1 N–H and O–H groups in total. The topological polar surface area (TPSA) is 124 Å². The zero-order chi connectivity index (χ0) is 27.1. The smallest absolute Gasteiger partial charge is 0.338 e. The molecule has 1 atom stereocenters. The Hall–Kier alpha value is -4.09. The molecule has 3 aromatic carbocycles. The number of phenols is 1. The Morgan fingerprint density at radius 1 is 1.26 bits per heavy atom. The molecule has 11 heteroatoms. The minimum absolute atomic E-state index is 0.0966. The number of carbonyl (C=O) groups is 1. The fraction of sp³-hybridized carbons (Fsp3) is 0.148. The lowest BCUT2D eigenvalue weighted by Gasteiger charge is -2.25. The van der Waals surface area contributed by atoms with E-state index in [1.54, 1.807) is 13.8 Å². The van der Waals surface area contributed by atoms with E-state index in [0.717, 1.165) is 27.7 Å². The number of fused-ring (bicyclic) bond motifs is 2. The molecule has 5 rings (SSSR count). The van der Waals surface area contributed by atoms with Crippen LogP contribution in [0.5, 0.6) is 5.75 Å². The van der Waals surface area contributed by atoms with Gasteiger partial charge in [-0.15, -0.1) is 0 Å². The van der Waals surface area contributed by atoms with E-state index < -0.39 is 33.9 Å². The Kier molecular flexibility index (Phi) is 6.72. The zero-order valence-corrected chi connectivity index (χ0v) is 22.6. The predicted molar refractivity (Wildman–Crippen MR) is 147 cm³/mol. The van der Waals surface area contributed by atoms with Crippen LogP contribution in [-0.2, 0) is 9.53 Å². The normalized spacial score (nSPS) is 15.3. The summed E-state index contributed by atoms with van der Waals surface area (Å²) in [4.78, 5) is 42.6. The van der Waals surface area contributed by atoms with Crippen molar-refractivity contribution < 1.29 is 19.6 Å². The van der Waals surface area contributed by atoms with Gasteiger partial charge in [-0.1, -0.05) is 69.7 Å². The number of hydrogen-bond acceptors (Lipinski definition) is 8. The lowest BCUT2D eigenvalue weighted by Crippen LogP contribution is -2.40. The van der Waals surface area contributed by atoms with Crippen LogP contribution in [0.3, 0.4) is 0 Å². The highest BCUT2D eigenvalue weighted by atomic mass is 79.9. The monoisotopic (exact) mass is 593 g/mol. The van der Waals surface area contributed by atoms with Crippen LogP contribution in [0.15, 0.2) is 80.1 Å². The molecule has 0 aliphatic carbocycles. The maximum atomic E-state index is 13.9. The summed E-state index contributed by atoms with van der Waals surface area (Å²) in [5.74, 6) is -1.13. The van der Waals surface area contributed by atoms with Crippen LogP contribution >= 0.6 is 27.3 Å². The van der Waals surface area contributed by atoms with E-state index in [0.29, 0.717) is 15.0 Å². The van der Waals surface area contributed by atoms with Gasteiger partial charge in [0.05, 0.1) is 33.4 Å². The lowest BCUT2D eigenvalue weighted by atomic mass is 9.91. The molecule has 0 spiro atoms. The van der Waals surface area contributed by atoms with Crippen LogP contribution in [0.2, 0.25) is 0 Å². The van der Waals surface area contributed by atoms with Crippen molar-refractivity contribution >= 4 is 55.8 Å². The van der Waals surface area contributed by atoms with Crippen LogP contribution in [0.4, 0.5) is 5.69 Å². The number of phenolic OH excluding ortho intramolecular Hbond substituents is 1. The SMILES string of the molecule is CCOC(=O)C1=C(C)N=c2s/c(=C\c3cc(Br)cc([N+](=O)[O-])c3O)c(=O)n2[C@@H]1c1cccc2ccccc12. The molecule has 0 unspecified atom stereocenters. The molecule has 0 amide bonds. The number of aromatic hydroxyl groups is 1. The lowest BCUT2D eigenvalue weighted by molar-refractivity contribution is -0.385. The first-order chi connectivity index (χ1) is 18.2. The standard InChI is InChI=1S/C27H20BrN3O6S/c1-3-37-26(34)22-14(2)29-27-30(23(22)19-10-6-8-15-7-4-5-9-18(15)19)25(33)21(38-27)12-16-11-17(28)13-20(24(16)32)31(35)36/h4-13,23,32H,3H2,1-2H3/b21-12-/t23-/m1/s1. The summed E-state index contributed by atoms with van der Waals surface area (Å²) in [5.41, 5.74) is 0.558. The number of ether oxygens (including phenoxy) is 1. The minimum atomic E-state index is -0.816. The van der Waals surface area contributed by atoms with E-state index in [4.69, 9.17) is 4.74 Å². The summed E-state index contributed by atoms with van der Waals surface area (Å²) in [5, 5.41) is 23.7. The minimum Gasteiger partial charge on any atom is -0.502 e. The molecule has 0 saturated heterocycles. The highest BCUT2D eigenvalue weighted by molar-refractivity contribution is 9.10. The average Bonchev–Trinajstić information content (AvgIpc) is 3.19. The van der Waals surface area contributed by atoms with Crippen molar-refractivity contribution in [1.82, 2.24) is 4.57 Å². The van der Waals surface area contributed by atoms with Gasteiger partial charge < -0.3 is 9.84 Å². The number of allylic oxidation sites excluding steroid dienone is 1. The molecule has 2 heterocycles. The van der Waals surface area contributed by atoms with Gasteiger partial charge in [0.25, 0.3) is 5.56 Å². The molecule has 192 valence electrons. The highest BCUT2D eigenvalue weighted by Crippen LogP contribution is 2.36. The van der Waals surface area contributed by atoms with E-state index >= 15 is 0 Å². The number of carbonyl (C=O) groups excluding carboxylic acids is 1. The number of nitro benzene ring substituents is 1. The number of halogens is 1. The number of nitro groups is 1. The molecule has 38 heavy (non-hydrogen) atoms. The van der Waals surface area contributed by atoms with Crippen molar-refractivity contribution in [2.75, 3.05) is 6.61 Å². The first-order valence-electron chi connectivity index (χ1n) is 11.6. The molecule has 4 aromatic rings. The van der Waals surface area contributed by atoms with Crippen molar-refractivity contribution in [2.45, 2.75) is 19.9 Å². The van der Waals surface area contributed by atoms with Crippen molar-refractivity contribution in [1.29, 1.82) is 0 Å². The van der Waals surface area contributed by atoms with Gasteiger partial charge in [-0.05, 0) is 42.3 Å². The summed E-state index contributed by atoms with van der Waals surface area (Å²) in [7, 11) is 0. The summed E-state index contributed by atoms with van der Waals surface area (Å²) in [6.07, 6.45) is 1.39. The van der Waals surface area contributed by atoms with Crippen LogP contribution in [0.1, 0.15) is 31.0 Å². The van der Waals surface area contributed by atoms with Gasteiger partial charge in [0.1, 0.15) is 0 Å². The van der Waals surface area contributed by atoms with Gasteiger partial charge in [0.2, 0.25) is 5.75 Å². The summed E-state index contributed by atoms with van der Waals surface area (Å²) in [6, 6.07) is 15.2. The third-order valence-corrected chi connectivity index (χ3v) is 7.64. The fourth-order valence-corrected chi connectivity index (χ4v) is 6.07. The largest absolute Gasteiger partial charge is 0.502 e. The number of aromatic nitrogens is 1. The van der Waals surface area contributed by atoms with E-state index in [9.17, 15) is 24.8 Å². The van der Waals surface area contributed by atoms with Crippen LogP contribution in [-0.4, -0.2) is 27.2 Å². The fourth-order valence-electron chi connectivity index (χ4n) is 4.57. The number of thiazole rings is 1. The van der Waals surface area contributed by atoms with Gasteiger partial charge in [-0.25, -0.2) is 9.79 Å². The second kappa shape index (κ2) is 9.99. The Labute approximate surface area is 227 Å². The van der Waals surface area contributed by atoms with Crippen LogP contribution in [0.25, 0.3) is 16.8 Å². The quantitative estimate of drug-likeness (QED) is 0.209. The Balaban J connectivity index is 1.81. The van der Waals surface area contributed by atoms with Gasteiger partial charge in [0.15, 0.2) is 4.80 Å². The molecule has 0 radical (unpaired) electrons. The second-order valence-electron chi connectivity index (χ2n) is 8.49. The average molecular weight is 594 g/mol. The molecule has 1 aliphatic heterocycles. The maximum absolute atomic E-state index is 13.9. The van der Waals surface area contributed by atoms with Crippen LogP contribution < -0.4 is 14.9 Å². The Bertz CT molecular complexity index is 1850. The maximum Gasteiger partial charge on any atom is 0.338 e. The highest BCUT2D eigenvalue weighted by Gasteiger charge is 2.34. The van der Waals surface area contributed by atoms with Gasteiger partial charge in [-0.2, -0.15) is 0 Å². The van der Waals surface area contributed by atoms with E-state index in [-0.39, 0.29) is 22.3 Å². The van der Waals surface area contributed by atoms with Gasteiger partial charge in [0, 0.05) is 16.1 Å². The number of nitrogens with zero attached hydrogens (tertiary/aromatic N) is 3. The molecule has 1 aliphatic rings. The van der Waals surface area contributed by atoms with Gasteiger partial charge >= 0.3 is 11.7 Å². The van der Waals surface area contributed by atoms with Gasteiger partial charge in [-0.3, -0.25) is 19.5 Å². The summed E-state index contributed by atoms with van der Waals surface area (Å²) < 4.78 is 7.36. The predicted octanol–water partition coefficient (Wildman–Crippen LogP) is 4.33. The number of benzene rings is 3. The van der Waals surface area contributed by atoms with Crippen molar-refractivity contribution in [3.8, 4) is 5.75 Å². The molecule has 0 bridgehead atoms. The molecule has 0 fully saturated rings. The first kappa shape index (κ1) is 25.6. The number of rotatable bonds is 5. The molecule has 9 nitrogen and oxygen atoms in total. The third kappa shape index (κ3) is 4.33. The molecule has 0 saturated carbocycles. The summed E-state index contributed by atoms with van der Waals surface area (Å²) in [6.45, 7) is 3.56. The Morgan fingerprint density at radius 2 is 2.00 bits per heavy atom. The summed E-state index contributed by atoms with van der Waals surface area (Å²) >= 11 is 4.29. The first-order valence-corrected chi connectivity index (χ1v) is 13.2. The van der Waals surface area contributed by atoms with E-state index in [2.05, 4.69) is 20.9 Å². The van der Waals surface area contributed by atoms with E-state index in [1.807, 2.05) is 42.5 Å². The van der Waals surface area contributed by atoms with E-state index in [1.165, 1.54) is 22.8 Å². The van der Waals surface area contributed by atoms with Crippen LogP contribution in [0, 0.1) is 10.1 Å². The molecule has 1 aromatic heterocycles. The second-order valence-corrected chi connectivity index (χ2v) is 10.4. The Morgan fingerprint density at radius 3 is 2.74 bits per heavy atom. The zero-order valence-electron chi connectivity index (χ0n) is 20.2.